The summed E-state index contributed by atoms with van der Waals surface area (Å²) in [4.78, 5) is 40.2. The Bertz CT molecular complexity index is 1040. The highest BCUT2D eigenvalue weighted by atomic mass is 16.6. The first-order valence-corrected chi connectivity index (χ1v) is 10.6. The molecule has 2 aromatic rings. The lowest BCUT2D eigenvalue weighted by atomic mass is 9.87. The van der Waals surface area contributed by atoms with Crippen LogP contribution in [0.2, 0.25) is 0 Å². The molecule has 2 atom stereocenters. The monoisotopic (exact) mass is 460 g/mol. The fraction of sp³-hybridized carbons (Fsp3) is 0.500. The third-order valence-electron chi connectivity index (χ3n) is 6.17. The highest BCUT2D eigenvalue weighted by Crippen LogP contribution is 2.35. The van der Waals surface area contributed by atoms with Crippen molar-refractivity contribution in [3.63, 3.8) is 0 Å². The number of hydrogen-bond donors (Lipinski definition) is 1. The van der Waals surface area contributed by atoms with E-state index >= 15 is 0 Å². The van der Waals surface area contributed by atoms with Crippen molar-refractivity contribution in [3.8, 4) is 6.01 Å². The number of amides is 1. The van der Waals surface area contributed by atoms with Crippen LogP contribution in [-0.4, -0.2) is 73.2 Å². The number of piperidine rings is 1. The van der Waals surface area contributed by atoms with Crippen LogP contribution in [0.1, 0.15) is 24.4 Å². The van der Waals surface area contributed by atoms with Gasteiger partial charge in [-0.05, 0) is 29.2 Å². The molecule has 0 saturated carbocycles. The summed E-state index contributed by atoms with van der Waals surface area (Å²) in [5, 5.41) is 31.6. The van der Waals surface area contributed by atoms with Crippen molar-refractivity contribution >= 4 is 17.6 Å². The van der Waals surface area contributed by atoms with Crippen molar-refractivity contribution in [2.75, 3.05) is 32.8 Å². The van der Waals surface area contributed by atoms with Gasteiger partial charge in [0.25, 0.3) is 5.69 Å². The standard InChI is InChI=1S/C20H24N6O7/c27-20(28)24-6-5-14(11-17(24)15-1-3-16(4-2-15)25(29)30)12-22-7-8-23-13-18(26(31)32)21-19(23)33-10-9-22/h1-4,13-14,17H,5-12H2,(H,27,28). The molecule has 33 heavy (non-hydrogen) atoms. The Kier molecular flexibility index (Phi) is 6.40. The predicted molar refractivity (Wildman–Crippen MR) is 114 cm³/mol. The smallest absolute Gasteiger partial charge is 0.414 e. The maximum Gasteiger partial charge on any atom is 0.414 e. The quantitative estimate of drug-likeness (QED) is 0.523. The Morgan fingerprint density at radius 2 is 1.88 bits per heavy atom. The van der Waals surface area contributed by atoms with Gasteiger partial charge < -0.3 is 24.9 Å². The minimum Gasteiger partial charge on any atom is -0.465 e. The second kappa shape index (κ2) is 9.40. The van der Waals surface area contributed by atoms with E-state index in [1.165, 1.54) is 23.2 Å². The number of carbonyl (C=O) groups is 1. The molecule has 13 heteroatoms. The normalized spacial score (nSPS) is 21.4. The predicted octanol–water partition coefficient (Wildman–Crippen LogP) is 2.53. The molecule has 13 nitrogen and oxygen atoms in total. The van der Waals surface area contributed by atoms with E-state index in [1.807, 2.05) is 0 Å². The van der Waals surface area contributed by atoms with Gasteiger partial charge in [-0.3, -0.25) is 19.6 Å². The minimum absolute atomic E-state index is 0.0345. The number of non-ortho nitro benzene ring substituents is 1. The highest BCUT2D eigenvalue weighted by Gasteiger charge is 2.34. The lowest BCUT2D eigenvalue weighted by Crippen LogP contribution is -2.44. The maximum absolute atomic E-state index is 11.8. The average Bonchev–Trinajstić information content (AvgIpc) is 3.18. The van der Waals surface area contributed by atoms with Crippen LogP contribution in [0.4, 0.5) is 16.3 Å². The molecule has 0 aliphatic carbocycles. The number of aromatic nitrogens is 2. The summed E-state index contributed by atoms with van der Waals surface area (Å²) in [5.41, 5.74) is 0.701. The van der Waals surface area contributed by atoms with Gasteiger partial charge in [0.05, 0.1) is 11.0 Å². The molecule has 1 fully saturated rings. The SMILES string of the molecule is O=C(O)N1CCC(CN2CCOc3nc([N+](=O)[O-])cn3CC2)CC1c1ccc([N+](=O)[O-])cc1. The van der Waals surface area contributed by atoms with Crippen LogP contribution >= 0.6 is 0 Å². The first-order chi connectivity index (χ1) is 15.8. The van der Waals surface area contributed by atoms with E-state index in [-0.39, 0.29) is 29.5 Å². The van der Waals surface area contributed by atoms with Crippen molar-refractivity contribution < 1.29 is 24.5 Å². The summed E-state index contributed by atoms with van der Waals surface area (Å²) in [6.45, 7) is 3.23. The zero-order valence-corrected chi connectivity index (χ0v) is 17.8. The number of nitro benzene ring substituents is 1. The Labute approximate surface area is 188 Å². The van der Waals surface area contributed by atoms with Crippen LogP contribution < -0.4 is 4.74 Å². The molecule has 176 valence electrons. The first kappa shape index (κ1) is 22.5. The zero-order chi connectivity index (χ0) is 23.5. The average molecular weight is 460 g/mol. The van der Waals surface area contributed by atoms with Gasteiger partial charge in [-0.2, -0.15) is 0 Å². The van der Waals surface area contributed by atoms with Gasteiger partial charge in [-0.25, -0.2) is 4.79 Å². The van der Waals surface area contributed by atoms with Gasteiger partial charge in [-0.15, -0.1) is 0 Å². The van der Waals surface area contributed by atoms with Gasteiger partial charge in [-0.1, -0.05) is 12.1 Å². The highest BCUT2D eigenvalue weighted by molar-refractivity contribution is 5.66. The molecule has 2 unspecified atom stereocenters. The van der Waals surface area contributed by atoms with E-state index in [2.05, 4.69) is 9.88 Å². The number of benzene rings is 1. The largest absolute Gasteiger partial charge is 0.465 e. The Morgan fingerprint density at radius 3 is 2.55 bits per heavy atom. The summed E-state index contributed by atoms with van der Waals surface area (Å²) >= 11 is 0. The lowest BCUT2D eigenvalue weighted by Gasteiger charge is -2.40. The molecule has 0 spiro atoms. The van der Waals surface area contributed by atoms with Gasteiger partial charge in [0.1, 0.15) is 12.8 Å². The number of nitro groups is 2. The van der Waals surface area contributed by atoms with Crippen LogP contribution in [0.15, 0.2) is 30.5 Å². The number of carboxylic acid groups (broad SMARTS) is 1. The van der Waals surface area contributed by atoms with Gasteiger partial charge in [0.2, 0.25) is 0 Å². The van der Waals surface area contributed by atoms with Crippen LogP contribution in [0.5, 0.6) is 6.01 Å². The van der Waals surface area contributed by atoms with Gasteiger partial charge in [0.15, 0.2) is 0 Å². The summed E-state index contributed by atoms with van der Waals surface area (Å²) in [6.07, 6.45) is 1.66. The number of rotatable bonds is 5. The van der Waals surface area contributed by atoms with E-state index in [9.17, 15) is 30.1 Å². The molecule has 1 amide bonds. The minimum atomic E-state index is -1.01. The van der Waals surface area contributed by atoms with E-state index < -0.39 is 15.9 Å². The van der Waals surface area contributed by atoms with Crippen LogP contribution in [-0.2, 0) is 6.54 Å². The molecule has 4 rings (SSSR count). The molecule has 2 aliphatic rings. The van der Waals surface area contributed by atoms with E-state index in [0.717, 1.165) is 12.1 Å². The molecular formula is C20H24N6O7. The molecule has 2 aliphatic heterocycles. The number of nitrogens with zero attached hydrogens (tertiary/aromatic N) is 6. The van der Waals surface area contributed by atoms with Crippen molar-refractivity contribution in [2.45, 2.75) is 25.4 Å². The van der Waals surface area contributed by atoms with Crippen molar-refractivity contribution in [3.05, 3.63) is 56.3 Å². The van der Waals surface area contributed by atoms with Crippen LogP contribution in [0.25, 0.3) is 0 Å². The number of likely N-dealkylation sites (tertiary alicyclic amines) is 1. The topological polar surface area (TPSA) is 157 Å². The second-order valence-electron chi connectivity index (χ2n) is 8.21. The number of fused-ring (bicyclic) bond motifs is 1. The van der Waals surface area contributed by atoms with Crippen LogP contribution in [0, 0.1) is 26.1 Å². The fourth-order valence-corrected chi connectivity index (χ4v) is 4.49. The second-order valence-corrected chi connectivity index (χ2v) is 8.21. The van der Waals surface area contributed by atoms with Crippen molar-refractivity contribution in [1.29, 1.82) is 0 Å². The summed E-state index contributed by atoms with van der Waals surface area (Å²) in [5.74, 6) is -0.0257. The molecule has 1 aromatic carbocycles. The lowest BCUT2D eigenvalue weighted by molar-refractivity contribution is -0.389. The molecule has 0 radical (unpaired) electrons. The van der Waals surface area contributed by atoms with Crippen molar-refractivity contribution in [2.24, 2.45) is 5.92 Å². The summed E-state index contributed by atoms with van der Waals surface area (Å²) in [6, 6.07) is 5.91. The molecular weight excluding hydrogens is 436 g/mol. The zero-order valence-electron chi connectivity index (χ0n) is 17.8. The molecule has 1 aromatic heterocycles. The third kappa shape index (κ3) is 5.03. The number of ether oxygens (including phenoxy) is 1. The van der Waals surface area contributed by atoms with Gasteiger partial charge >= 0.3 is 17.9 Å². The van der Waals surface area contributed by atoms with E-state index in [4.69, 9.17) is 4.74 Å². The first-order valence-electron chi connectivity index (χ1n) is 10.6. The van der Waals surface area contributed by atoms with E-state index in [1.54, 1.807) is 16.7 Å². The van der Waals surface area contributed by atoms with Crippen LogP contribution in [0.3, 0.4) is 0 Å². The summed E-state index contributed by atoms with van der Waals surface area (Å²) in [7, 11) is 0. The molecule has 1 N–H and O–H groups in total. The van der Waals surface area contributed by atoms with Crippen molar-refractivity contribution in [1.82, 2.24) is 19.4 Å². The Hall–Kier alpha value is -3.74. The molecule has 1 saturated heterocycles. The molecule has 3 heterocycles. The van der Waals surface area contributed by atoms with Gasteiger partial charge in [0, 0.05) is 49.8 Å². The fourth-order valence-electron chi connectivity index (χ4n) is 4.49. The number of imidazole rings is 1. The Balaban J connectivity index is 1.43. The third-order valence-corrected chi connectivity index (χ3v) is 6.17. The molecule has 0 bridgehead atoms. The Morgan fingerprint density at radius 1 is 1.12 bits per heavy atom. The number of hydrogen-bond acceptors (Lipinski definition) is 8. The summed E-state index contributed by atoms with van der Waals surface area (Å²) < 4.78 is 7.25. The van der Waals surface area contributed by atoms with E-state index in [0.29, 0.717) is 45.6 Å². The maximum atomic E-state index is 11.8.